The van der Waals surface area contributed by atoms with Crippen LogP contribution in [0.2, 0.25) is 0 Å². The second kappa shape index (κ2) is 9.35. The van der Waals surface area contributed by atoms with E-state index in [1.165, 1.54) is 5.56 Å². The van der Waals surface area contributed by atoms with E-state index in [1.807, 2.05) is 22.7 Å². The van der Waals surface area contributed by atoms with Crippen molar-refractivity contribution in [3.8, 4) is 28.4 Å². The third kappa shape index (κ3) is 4.22. The predicted octanol–water partition coefficient (Wildman–Crippen LogP) is 5.33. The fourth-order valence-electron chi connectivity index (χ4n) is 4.26. The molecule has 1 aliphatic rings. The molecule has 0 saturated carbocycles. The predicted molar refractivity (Wildman–Crippen MR) is 132 cm³/mol. The van der Waals surface area contributed by atoms with Crippen LogP contribution in [0.4, 0.5) is 5.69 Å². The second-order valence-electron chi connectivity index (χ2n) is 8.55. The summed E-state index contributed by atoms with van der Waals surface area (Å²) in [5, 5.41) is 3.37. The molecular weight excluding hydrogens is 424 g/mol. The lowest BCUT2D eigenvalue weighted by molar-refractivity contribution is 0.253. The number of benzene rings is 2. The molecular formula is C27H24N6O. The Hall–Kier alpha value is -4.20. The topological polar surface area (TPSA) is 60.2 Å². The molecule has 0 spiro atoms. The number of nitrogens with zero attached hydrogens (tertiary/aromatic N) is 5. The number of fused-ring (bicyclic) bond motifs is 1. The van der Waals surface area contributed by atoms with Crippen LogP contribution >= 0.6 is 0 Å². The third-order valence-electron chi connectivity index (χ3n) is 6.08. The van der Waals surface area contributed by atoms with E-state index in [2.05, 4.69) is 46.2 Å². The SMILES string of the molecule is [C-]#[N+]Cc1cn2c(-c3ccc(C)cc3)c(-c3ccc([N+]#[C-])cc3)nc(OC[C@@H]3CCNC3)c2n1. The van der Waals surface area contributed by atoms with Crippen LogP contribution in [0.5, 0.6) is 5.88 Å². The first-order valence-corrected chi connectivity index (χ1v) is 11.3. The first kappa shape index (κ1) is 21.6. The molecule has 7 nitrogen and oxygen atoms in total. The molecule has 0 bridgehead atoms. The van der Waals surface area contributed by atoms with E-state index >= 15 is 0 Å². The zero-order valence-corrected chi connectivity index (χ0v) is 19.0. The van der Waals surface area contributed by atoms with Gasteiger partial charge in [0.15, 0.2) is 5.69 Å². The van der Waals surface area contributed by atoms with Crippen molar-refractivity contribution in [2.45, 2.75) is 19.9 Å². The number of ether oxygens (including phenoxy) is 1. The Kier molecular flexibility index (Phi) is 5.95. The molecule has 2 aromatic carbocycles. The fraction of sp³-hybridized carbons (Fsp3) is 0.259. The van der Waals surface area contributed by atoms with Crippen LogP contribution in [0.25, 0.3) is 37.9 Å². The molecule has 168 valence electrons. The highest BCUT2D eigenvalue weighted by Crippen LogP contribution is 2.36. The van der Waals surface area contributed by atoms with Crippen molar-refractivity contribution in [1.29, 1.82) is 0 Å². The molecule has 7 heteroatoms. The zero-order valence-electron chi connectivity index (χ0n) is 19.0. The number of hydrogen-bond acceptors (Lipinski definition) is 4. The Morgan fingerprint density at radius 3 is 2.50 bits per heavy atom. The molecule has 5 rings (SSSR count). The second-order valence-corrected chi connectivity index (χ2v) is 8.55. The van der Waals surface area contributed by atoms with E-state index in [0.29, 0.717) is 35.4 Å². The van der Waals surface area contributed by atoms with Gasteiger partial charge >= 0.3 is 0 Å². The average Bonchev–Trinajstić information content (AvgIpc) is 3.53. The van der Waals surface area contributed by atoms with Crippen LogP contribution in [0.3, 0.4) is 0 Å². The highest BCUT2D eigenvalue weighted by atomic mass is 16.5. The van der Waals surface area contributed by atoms with Crippen molar-refractivity contribution in [1.82, 2.24) is 19.7 Å². The normalized spacial score (nSPS) is 15.2. The molecule has 1 fully saturated rings. The summed E-state index contributed by atoms with van der Waals surface area (Å²) >= 11 is 0. The van der Waals surface area contributed by atoms with Crippen molar-refractivity contribution in [2.24, 2.45) is 5.92 Å². The monoisotopic (exact) mass is 448 g/mol. The summed E-state index contributed by atoms with van der Waals surface area (Å²) in [6.45, 7) is 19.3. The molecule has 0 amide bonds. The molecule has 1 atom stereocenters. The van der Waals surface area contributed by atoms with Crippen LogP contribution in [0.1, 0.15) is 17.7 Å². The Morgan fingerprint density at radius 2 is 1.82 bits per heavy atom. The quantitative estimate of drug-likeness (QED) is 0.405. The summed E-state index contributed by atoms with van der Waals surface area (Å²) in [4.78, 5) is 16.7. The summed E-state index contributed by atoms with van der Waals surface area (Å²) in [6, 6.07) is 15.7. The molecule has 0 radical (unpaired) electrons. The van der Waals surface area contributed by atoms with Gasteiger partial charge in [0.05, 0.1) is 24.6 Å². The van der Waals surface area contributed by atoms with Gasteiger partial charge in [0.1, 0.15) is 5.69 Å². The number of hydrogen-bond donors (Lipinski definition) is 1. The molecule has 1 saturated heterocycles. The average molecular weight is 449 g/mol. The molecule has 1 N–H and O–H groups in total. The van der Waals surface area contributed by atoms with Gasteiger partial charge in [-0.25, -0.2) is 21.4 Å². The first-order chi connectivity index (χ1) is 16.7. The standard InChI is InChI=1S/C27H24N6O/c1-18-4-6-21(7-5-18)25-24(20-8-10-22(29-3)11-9-20)32-27(34-17-19-12-13-30-14-19)26-31-23(15-28-2)16-33(25)26/h4-11,16,19,30H,12-15,17H2,1H3/t19-/m1/s1. The maximum atomic E-state index is 7.32. The van der Waals surface area contributed by atoms with Gasteiger partial charge in [0, 0.05) is 24.2 Å². The number of aryl methyl sites for hydroxylation is 1. The summed E-state index contributed by atoms with van der Waals surface area (Å²) in [6.07, 6.45) is 2.98. The van der Waals surface area contributed by atoms with Gasteiger partial charge in [-0.05, 0) is 25.5 Å². The lowest BCUT2D eigenvalue weighted by Gasteiger charge is -2.17. The highest BCUT2D eigenvalue weighted by Gasteiger charge is 2.23. The van der Waals surface area contributed by atoms with E-state index in [4.69, 9.17) is 27.8 Å². The molecule has 34 heavy (non-hydrogen) atoms. The minimum absolute atomic E-state index is 0.191. The fourth-order valence-corrected chi connectivity index (χ4v) is 4.26. The number of imidazole rings is 1. The van der Waals surface area contributed by atoms with Crippen molar-refractivity contribution in [2.75, 3.05) is 19.7 Å². The highest BCUT2D eigenvalue weighted by molar-refractivity contribution is 5.82. The molecule has 0 aliphatic carbocycles. The van der Waals surface area contributed by atoms with Crippen molar-refractivity contribution < 1.29 is 4.74 Å². The van der Waals surface area contributed by atoms with Gasteiger partial charge in [0.25, 0.3) is 12.4 Å². The smallest absolute Gasteiger partial charge is 0.259 e. The molecule has 4 aromatic rings. The summed E-state index contributed by atoms with van der Waals surface area (Å²) in [5.41, 5.74) is 6.54. The number of nitrogens with one attached hydrogen (secondary N) is 1. The van der Waals surface area contributed by atoms with Gasteiger partial charge in [-0.1, -0.05) is 54.1 Å². The molecule has 3 heterocycles. The minimum Gasteiger partial charge on any atom is -0.475 e. The van der Waals surface area contributed by atoms with Gasteiger partial charge in [-0.3, -0.25) is 4.40 Å². The van der Waals surface area contributed by atoms with Crippen molar-refractivity contribution in [3.05, 3.63) is 88.8 Å². The van der Waals surface area contributed by atoms with E-state index in [9.17, 15) is 0 Å². The van der Waals surface area contributed by atoms with Crippen LogP contribution in [0.15, 0.2) is 54.7 Å². The van der Waals surface area contributed by atoms with Crippen LogP contribution in [-0.4, -0.2) is 34.1 Å². The Bertz CT molecular complexity index is 1400. The number of rotatable bonds is 6. The summed E-state index contributed by atoms with van der Waals surface area (Å²) in [7, 11) is 0. The molecule has 1 aliphatic heterocycles. The summed E-state index contributed by atoms with van der Waals surface area (Å²) < 4.78 is 8.25. The Morgan fingerprint density at radius 1 is 1.06 bits per heavy atom. The van der Waals surface area contributed by atoms with Crippen LogP contribution < -0.4 is 10.1 Å². The van der Waals surface area contributed by atoms with Gasteiger partial charge < -0.3 is 14.9 Å². The lowest BCUT2D eigenvalue weighted by Crippen LogP contribution is -2.16. The molecule has 0 unspecified atom stereocenters. The van der Waals surface area contributed by atoms with Crippen molar-refractivity contribution >= 4 is 11.3 Å². The van der Waals surface area contributed by atoms with E-state index in [1.54, 1.807) is 12.1 Å². The summed E-state index contributed by atoms with van der Waals surface area (Å²) in [5.74, 6) is 0.890. The van der Waals surface area contributed by atoms with Crippen LogP contribution in [-0.2, 0) is 6.54 Å². The maximum absolute atomic E-state index is 7.32. The van der Waals surface area contributed by atoms with Gasteiger partial charge in [-0.2, -0.15) is 0 Å². The number of aromatic nitrogens is 3. The third-order valence-corrected chi connectivity index (χ3v) is 6.08. The lowest BCUT2D eigenvalue weighted by atomic mass is 10.0. The minimum atomic E-state index is 0.191. The Labute approximate surface area is 198 Å². The van der Waals surface area contributed by atoms with E-state index < -0.39 is 0 Å². The molecule has 2 aromatic heterocycles. The van der Waals surface area contributed by atoms with Gasteiger partial charge in [0.2, 0.25) is 5.65 Å². The first-order valence-electron chi connectivity index (χ1n) is 11.3. The zero-order chi connectivity index (χ0) is 23.5. The van der Waals surface area contributed by atoms with Crippen LogP contribution in [0, 0.1) is 26.0 Å². The van der Waals surface area contributed by atoms with Gasteiger partial charge in [-0.15, -0.1) is 0 Å². The maximum Gasteiger partial charge on any atom is 0.259 e. The van der Waals surface area contributed by atoms with E-state index in [-0.39, 0.29) is 6.54 Å². The largest absolute Gasteiger partial charge is 0.475 e. The van der Waals surface area contributed by atoms with Crippen molar-refractivity contribution in [3.63, 3.8) is 0 Å². The van der Waals surface area contributed by atoms with E-state index in [0.717, 1.165) is 42.0 Å². The Balaban J connectivity index is 1.72.